The Morgan fingerprint density at radius 2 is 1.79 bits per heavy atom. The standard InChI is InChI=1S/C19H18ClN3O/c1-12-4-9-18(13(2)10-12)21-11-17-14(3)22-23(19(17)24)16-7-5-15(20)6-8-16/h4-11,22H,1-3H3. The third-order valence-electron chi connectivity index (χ3n) is 3.89. The van der Waals surface area contributed by atoms with Crippen LogP contribution >= 0.6 is 11.6 Å². The molecular formula is C19H18ClN3O. The highest BCUT2D eigenvalue weighted by Crippen LogP contribution is 2.19. The van der Waals surface area contributed by atoms with E-state index in [2.05, 4.69) is 16.2 Å². The number of rotatable bonds is 3. The van der Waals surface area contributed by atoms with Crippen molar-refractivity contribution in [2.75, 3.05) is 0 Å². The number of hydrogen-bond acceptors (Lipinski definition) is 2. The van der Waals surface area contributed by atoms with E-state index in [-0.39, 0.29) is 5.56 Å². The van der Waals surface area contributed by atoms with Crippen LogP contribution in [-0.2, 0) is 0 Å². The quantitative estimate of drug-likeness (QED) is 0.702. The zero-order valence-electron chi connectivity index (χ0n) is 13.8. The van der Waals surface area contributed by atoms with Gasteiger partial charge in [-0.2, -0.15) is 0 Å². The summed E-state index contributed by atoms with van der Waals surface area (Å²) in [4.78, 5) is 17.1. The van der Waals surface area contributed by atoms with Crippen LogP contribution in [0.5, 0.6) is 0 Å². The predicted octanol–water partition coefficient (Wildman–Crippen LogP) is 4.49. The molecular weight excluding hydrogens is 322 g/mol. The number of hydrogen-bond donors (Lipinski definition) is 1. The van der Waals surface area contributed by atoms with Gasteiger partial charge in [-0.25, -0.2) is 4.68 Å². The zero-order valence-corrected chi connectivity index (χ0v) is 14.6. The molecule has 0 atom stereocenters. The lowest BCUT2D eigenvalue weighted by Crippen LogP contribution is -2.17. The maximum atomic E-state index is 12.6. The van der Waals surface area contributed by atoms with Gasteiger partial charge in [0.25, 0.3) is 5.56 Å². The van der Waals surface area contributed by atoms with Gasteiger partial charge >= 0.3 is 0 Å². The second kappa shape index (κ2) is 6.49. The molecule has 0 aliphatic rings. The van der Waals surface area contributed by atoms with Crippen molar-refractivity contribution in [1.29, 1.82) is 0 Å². The van der Waals surface area contributed by atoms with Crippen LogP contribution in [0.2, 0.25) is 5.02 Å². The van der Waals surface area contributed by atoms with Crippen LogP contribution in [0.25, 0.3) is 5.69 Å². The number of nitrogens with one attached hydrogen (secondary N) is 1. The van der Waals surface area contributed by atoms with Crippen LogP contribution < -0.4 is 5.56 Å². The molecule has 0 saturated carbocycles. The molecule has 0 unspecified atom stereocenters. The molecule has 3 rings (SSSR count). The summed E-state index contributed by atoms with van der Waals surface area (Å²) >= 11 is 5.90. The number of aromatic amines is 1. The van der Waals surface area contributed by atoms with Crippen molar-refractivity contribution < 1.29 is 0 Å². The van der Waals surface area contributed by atoms with Crippen molar-refractivity contribution in [3.05, 3.63) is 80.2 Å². The summed E-state index contributed by atoms with van der Waals surface area (Å²) in [6.07, 6.45) is 1.62. The van der Waals surface area contributed by atoms with Crippen molar-refractivity contribution in [1.82, 2.24) is 9.78 Å². The molecule has 1 aromatic heterocycles. The van der Waals surface area contributed by atoms with Crippen LogP contribution in [0.15, 0.2) is 52.3 Å². The maximum absolute atomic E-state index is 12.6. The van der Waals surface area contributed by atoms with Gasteiger partial charge in [0.2, 0.25) is 0 Å². The Labute approximate surface area is 145 Å². The van der Waals surface area contributed by atoms with Gasteiger partial charge in [0.15, 0.2) is 0 Å². The smallest absolute Gasteiger partial charge is 0.280 e. The van der Waals surface area contributed by atoms with E-state index in [0.29, 0.717) is 10.6 Å². The molecule has 24 heavy (non-hydrogen) atoms. The van der Waals surface area contributed by atoms with Gasteiger partial charge in [0, 0.05) is 16.9 Å². The van der Waals surface area contributed by atoms with E-state index >= 15 is 0 Å². The van der Waals surface area contributed by atoms with Crippen molar-refractivity contribution in [2.45, 2.75) is 20.8 Å². The summed E-state index contributed by atoms with van der Waals surface area (Å²) in [7, 11) is 0. The minimum absolute atomic E-state index is 0.136. The number of benzene rings is 2. The molecule has 0 fully saturated rings. The molecule has 4 nitrogen and oxygen atoms in total. The first-order chi connectivity index (χ1) is 11.5. The first-order valence-electron chi connectivity index (χ1n) is 7.64. The van der Waals surface area contributed by atoms with Gasteiger partial charge in [0.1, 0.15) is 0 Å². The number of halogens is 1. The van der Waals surface area contributed by atoms with E-state index in [1.165, 1.54) is 10.2 Å². The molecule has 2 aromatic carbocycles. The Balaban J connectivity index is 1.99. The lowest BCUT2D eigenvalue weighted by atomic mass is 10.1. The van der Waals surface area contributed by atoms with E-state index in [4.69, 9.17) is 11.6 Å². The highest BCUT2D eigenvalue weighted by Gasteiger charge is 2.10. The summed E-state index contributed by atoms with van der Waals surface area (Å²) in [6.45, 7) is 5.91. The van der Waals surface area contributed by atoms with Crippen molar-refractivity contribution in [3.63, 3.8) is 0 Å². The average Bonchev–Trinajstić information content (AvgIpc) is 2.82. The van der Waals surface area contributed by atoms with Crippen molar-refractivity contribution in [3.8, 4) is 5.69 Å². The third kappa shape index (κ3) is 3.19. The van der Waals surface area contributed by atoms with Crippen molar-refractivity contribution in [2.24, 2.45) is 4.99 Å². The molecule has 1 heterocycles. The van der Waals surface area contributed by atoms with Crippen LogP contribution in [0.1, 0.15) is 22.4 Å². The Bertz CT molecular complexity index is 965. The third-order valence-corrected chi connectivity index (χ3v) is 4.14. The van der Waals surface area contributed by atoms with E-state index < -0.39 is 0 Å². The zero-order chi connectivity index (χ0) is 17.3. The Kier molecular flexibility index (Phi) is 4.40. The fourth-order valence-corrected chi connectivity index (χ4v) is 2.69. The van der Waals surface area contributed by atoms with E-state index in [1.54, 1.807) is 30.5 Å². The number of nitrogens with zero attached hydrogens (tertiary/aromatic N) is 2. The molecule has 0 bridgehead atoms. The first kappa shape index (κ1) is 16.3. The lowest BCUT2D eigenvalue weighted by molar-refractivity contribution is 0.835. The van der Waals surface area contributed by atoms with Gasteiger partial charge in [-0.3, -0.25) is 14.9 Å². The topological polar surface area (TPSA) is 50.1 Å². The van der Waals surface area contributed by atoms with Crippen LogP contribution in [0.3, 0.4) is 0 Å². The molecule has 0 aliphatic heterocycles. The number of aryl methyl sites for hydroxylation is 3. The van der Waals surface area contributed by atoms with Gasteiger partial charge in [0.05, 0.1) is 16.9 Å². The normalized spacial score (nSPS) is 11.3. The number of H-pyrrole nitrogens is 1. The highest BCUT2D eigenvalue weighted by molar-refractivity contribution is 6.30. The summed E-state index contributed by atoms with van der Waals surface area (Å²) < 4.78 is 1.50. The van der Waals surface area contributed by atoms with Crippen molar-refractivity contribution >= 4 is 23.5 Å². The molecule has 5 heteroatoms. The SMILES string of the molecule is Cc1ccc(N=Cc2c(C)[nH]n(-c3ccc(Cl)cc3)c2=O)c(C)c1. The minimum Gasteiger partial charge on any atom is -0.295 e. The van der Waals surface area contributed by atoms with Crippen LogP contribution in [-0.4, -0.2) is 16.0 Å². The lowest BCUT2D eigenvalue weighted by Gasteiger charge is -2.01. The molecule has 0 radical (unpaired) electrons. The Morgan fingerprint density at radius 3 is 2.46 bits per heavy atom. The van der Waals surface area contributed by atoms with Gasteiger partial charge in [-0.15, -0.1) is 0 Å². The summed E-state index contributed by atoms with van der Waals surface area (Å²) in [5.41, 5.74) is 5.04. The highest BCUT2D eigenvalue weighted by atomic mass is 35.5. The summed E-state index contributed by atoms with van der Waals surface area (Å²) in [5.74, 6) is 0. The molecule has 0 amide bonds. The molecule has 122 valence electrons. The molecule has 0 aliphatic carbocycles. The summed E-state index contributed by atoms with van der Waals surface area (Å²) in [6, 6.07) is 13.1. The Morgan fingerprint density at radius 1 is 1.08 bits per heavy atom. The van der Waals surface area contributed by atoms with Gasteiger partial charge < -0.3 is 0 Å². The average molecular weight is 340 g/mol. The molecule has 0 spiro atoms. The number of aromatic nitrogens is 2. The molecule has 3 aromatic rings. The summed E-state index contributed by atoms with van der Waals surface area (Å²) in [5, 5.41) is 3.71. The van der Waals surface area contributed by atoms with Crippen LogP contribution in [0.4, 0.5) is 5.69 Å². The van der Waals surface area contributed by atoms with Gasteiger partial charge in [-0.05, 0) is 56.7 Å². The van der Waals surface area contributed by atoms with Crippen LogP contribution in [0, 0.1) is 20.8 Å². The maximum Gasteiger partial charge on any atom is 0.280 e. The molecule has 1 N–H and O–H groups in total. The van der Waals surface area contributed by atoms with E-state index in [1.807, 2.05) is 32.9 Å². The predicted molar refractivity (Wildman–Crippen MR) is 99.3 cm³/mol. The Hall–Kier alpha value is -2.59. The largest absolute Gasteiger partial charge is 0.295 e. The van der Waals surface area contributed by atoms with Gasteiger partial charge in [-0.1, -0.05) is 29.3 Å². The van der Waals surface area contributed by atoms with E-state index in [9.17, 15) is 4.79 Å². The number of aliphatic imine (C=N–C) groups is 1. The second-order valence-corrected chi connectivity index (χ2v) is 6.25. The molecule has 0 saturated heterocycles. The fourth-order valence-electron chi connectivity index (χ4n) is 2.57. The fraction of sp³-hybridized carbons (Fsp3) is 0.158. The monoisotopic (exact) mass is 339 g/mol. The first-order valence-corrected chi connectivity index (χ1v) is 8.02. The van der Waals surface area contributed by atoms with E-state index in [0.717, 1.165) is 22.6 Å². The minimum atomic E-state index is -0.136. The second-order valence-electron chi connectivity index (χ2n) is 5.82.